The maximum Gasteiger partial charge on any atom is 0.402 e. The molecule has 0 bridgehead atoms. The lowest BCUT2D eigenvalue weighted by Crippen LogP contribution is -2.20. The van der Waals surface area contributed by atoms with Gasteiger partial charge in [0.2, 0.25) is 0 Å². The van der Waals surface area contributed by atoms with E-state index in [4.69, 9.17) is 4.55 Å². The Morgan fingerprint density at radius 2 is 1.89 bits per heavy atom. The van der Waals surface area contributed by atoms with Crippen molar-refractivity contribution in [1.29, 1.82) is 0 Å². The van der Waals surface area contributed by atoms with Crippen molar-refractivity contribution in [3.05, 3.63) is 0 Å². The molecule has 0 rings (SSSR count). The molecule has 0 aliphatic rings. The van der Waals surface area contributed by atoms with Gasteiger partial charge >= 0.3 is 16.5 Å². The van der Waals surface area contributed by atoms with Gasteiger partial charge in [-0.25, -0.2) is 0 Å². The molecular weight excluding hydrogens is 158 g/mol. The van der Waals surface area contributed by atoms with Crippen molar-refractivity contribution in [2.24, 2.45) is 0 Å². The predicted molar refractivity (Wildman–Crippen MR) is 23.3 cm³/mol. The Morgan fingerprint density at radius 3 is 1.89 bits per heavy atom. The molecule has 0 saturated heterocycles. The summed E-state index contributed by atoms with van der Waals surface area (Å²) in [7, 11) is -5.03. The molecule has 0 aliphatic carbocycles. The van der Waals surface area contributed by atoms with Gasteiger partial charge in [0.25, 0.3) is 0 Å². The third kappa shape index (κ3) is 7.73. The van der Waals surface area contributed by atoms with Gasteiger partial charge in [0.1, 0.15) is 0 Å². The van der Waals surface area contributed by atoms with Crippen molar-refractivity contribution in [1.82, 2.24) is 0 Å². The number of hydrogen-bond donors (Lipinski definition) is 1. The van der Waals surface area contributed by atoms with Crippen molar-refractivity contribution in [3.8, 4) is 0 Å². The van der Waals surface area contributed by atoms with E-state index >= 15 is 0 Å². The lowest BCUT2D eigenvalue weighted by Gasteiger charge is -2.05. The second-order valence-corrected chi connectivity index (χ2v) is 2.34. The van der Waals surface area contributed by atoms with Gasteiger partial charge in [0.05, 0.1) is 0 Å². The quantitative estimate of drug-likeness (QED) is 0.597. The third-order valence-electron chi connectivity index (χ3n) is 0.252. The highest BCUT2D eigenvalue weighted by atomic mass is 32.3. The van der Waals surface area contributed by atoms with Crippen LogP contribution in [0.2, 0.25) is 0 Å². The first-order valence-electron chi connectivity index (χ1n) is 1.76. The summed E-state index contributed by atoms with van der Waals surface area (Å²) in [6.07, 6.45) is -3.85. The summed E-state index contributed by atoms with van der Waals surface area (Å²) in [6, 6.07) is 0. The zero-order valence-corrected chi connectivity index (χ0v) is 5.15. The molecule has 0 fully saturated rings. The zero-order chi connectivity index (χ0) is 7.71. The molecule has 0 heterocycles. The molecule has 0 aromatic heterocycles. The molecule has 0 radical (unpaired) electrons. The van der Waals surface area contributed by atoms with Crippen molar-refractivity contribution in [3.63, 3.8) is 0 Å². The van der Waals surface area contributed by atoms with Crippen molar-refractivity contribution in [2.75, 3.05) is 0 Å². The number of rotatable bonds is 2. The standard InChI is InChI=1S/C2H4F2O4S/c1-2(3,4)8-9(5,6)7/h1H3,(H,5,6,7). The summed E-state index contributed by atoms with van der Waals surface area (Å²) in [5.41, 5.74) is 0. The molecule has 1 N–H and O–H groups in total. The van der Waals surface area contributed by atoms with Crippen LogP contribution in [0.3, 0.4) is 0 Å². The molecular formula is C2H4F2O4S. The van der Waals surface area contributed by atoms with E-state index in [0.29, 0.717) is 0 Å². The SMILES string of the molecule is CC(F)(F)OS(=O)(=O)O. The fourth-order valence-electron chi connectivity index (χ4n) is 0.185. The summed E-state index contributed by atoms with van der Waals surface area (Å²) in [4.78, 5) is 0. The Bertz CT molecular complexity index is 177. The van der Waals surface area contributed by atoms with Gasteiger partial charge in [-0.1, -0.05) is 0 Å². The van der Waals surface area contributed by atoms with Crippen molar-refractivity contribution < 1.29 is 25.9 Å². The van der Waals surface area contributed by atoms with E-state index in [1.165, 1.54) is 0 Å². The third-order valence-corrected chi connectivity index (χ3v) is 0.755. The maximum atomic E-state index is 11.5. The van der Waals surface area contributed by atoms with Crippen LogP contribution >= 0.6 is 0 Å². The molecule has 0 spiro atoms. The first kappa shape index (κ1) is 8.73. The lowest BCUT2D eigenvalue weighted by atomic mass is 10.8. The Morgan fingerprint density at radius 1 is 1.56 bits per heavy atom. The monoisotopic (exact) mass is 162 g/mol. The molecule has 0 aromatic rings. The largest absolute Gasteiger partial charge is 0.402 e. The van der Waals surface area contributed by atoms with Gasteiger partial charge < -0.3 is 0 Å². The van der Waals surface area contributed by atoms with E-state index in [0.717, 1.165) is 0 Å². The molecule has 4 nitrogen and oxygen atoms in total. The molecule has 56 valence electrons. The smallest absolute Gasteiger partial charge is 0.263 e. The summed E-state index contributed by atoms with van der Waals surface area (Å²) in [6.45, 7) is 0.195. The fourth-order valence-corrected chi connectivity index (χ4v) is 0.555. The van der Waals surface area contributed by atoms with Crippen LogP contribution in [-0.4, -0.2) is 19.1 Å². The predicted octanol–water partition coefficient (Wildman–Crippen LogP) is 0.419. The van der Waals surface area contributed by atoms with E-state index in [9.17, 15) is 17.2 Å². The van der Waals surface area contributed by atoms with Crippen LogP contribution in [0.1, 0.15) is 6.92 Å². The Kier molecular flexibility index (Phi) is 2.10. The first-order chi connectivity index (χ1) is 3.71. The summed E-state index contributed by atoms with van der Waals surface area (Å²) in [5.74, 6) is 0. The van der Waals surface area contributed by atoms with Crippen LogP contribution < -0.4 is 0 Å². The van der Waals surface area contributed by atoms with E-state index in [1.807, 2.05) is 0 Å². The van der Waals surface area contributed by atoms with E-state index < -0.39 is 16.5 Å². The average molecular weight is 162 g/mol. The van der Waals surface area contributed by atoms with Crippen LogP contribution in [0.25, 0.3) is 0 Å². The van der Waals surface area contributed by atoms with Gasteiger partial charge in [0.15, 0.2) is 0 Å². The molecule has 0 atom stereocenters. The van der Waals surface area contributed by atoms with E-state index in [2.05, 4.69) is 4.18 Å². The first-order valence-corrected chi connectivity index (χ1v) is 3.13. The average Bonchev–Trinajstić information content (AvgIpc) is 1.14. The minimum absolute atomic E-state index is 0.195. The van der Waals surface area contributed by atoms with Crippen LogP contribution in [-0.2, 0) is 14.6 Å². The van der Waals surface area contributed by atoms with Gasteiger partial charge in [-0.2, -0.15) is 21.4 Å². The summed E-state index contributed by atoms with van der Waals surface area (Å²) >= 11 is 0. The highest BCUT2D eigenvalue weighted by Gasteiger charge is 2.28. The zero-order valence-electron chi connectivity index (χ0n) is 4.34. The Balaban J connectivity index is 4.07. The van der Waals surface area contributed by atoms with Gasteiger partial charge in [-0.3, -0.25) is 4.55 Å². The van der Waals surface area contributed by atoms with Gasteiger partial charge in [-0.15, -0.1) is 0 Å². The molecule has 7 heteroatoms. The number of hydrogen-bond acceptors (Lipinski definition) is 3. The van der Waals surface area contributed by atoms with Crippen LogP contribution in [0.5, 0.6) is 0 Å². The van der Waals surface area contributed by atoms with E-state index in [-0.39, 0.29) is 6.92 Å². The molecule has 0 aromatic carbocycles. The Labute approximate surface area is 50.4 Å². The normalized spacial score (nSPS) is 13.8. The van der Waals surface area contributed by atoms with Gasteiger partial charge in [0, 0.05) is 6.92 Å². The topological polar surface area (TPSA) is 63.6 Å². The highest BCUT2D eigenvalue weighted by molar-refractivity contribution is 7.80. The highest BCUT2D eigenvalue weighted by Crippen LogP contribution is 2.15. The maximum absolute atomic E-state index is 11.5. The summed E-state index contributed by atoms with van der Waals surface area (Å²) < 4.78 is 52.4. The lowest BCUT2D eigenvalue weighted by molar-refractivity contribution is -0.159. The van der Waals surface area contributed by atoms with Crippen LogP contribution in [0, 0.1) is 0 Å². The second-order valence-electron chi connectivity index (χ2n) is 1.32. The fraction of sp³-hybridized carbons (Fsp3) is 1.00. The minimum atomic E-state index is -5.03. The van der Waals surface area contributed by atoms with Crippen LogP contribution in [0.4, 0.5) is 8.78 Å². The molecule has 0 unspecified atom stereocenters. The van der Waals surface area contributed by atoms with Crippen molar-refractivity contribution >= 4 is 10.4 Å². The van der Waals surface area contributed by atoms with E-state index in [1.54, 1.807) is 0 Å². The molecule has 0 aliphatic heterocycles. The molecule has 0 saturated carbocycles. The minimum Gasteiger partial charge on any atom is -0.263 e. The van der Waals surface area contributed by atoms with Gasteiger partial charge in [-0.05, 0) is 0 Å². The molecule has 0 amide bonds. The van der Waals surface area contributed by atoms with Crippen molar-refractivity contribution in [2.45, 2.75) is 13.0 Å². The Hall–Kier alpha value is -0.270. The number of halogens is 2. The van der Waals surface area contributed by atoms with Crippen LogP contribution in [0.15, 0.2) is 0 Å². The molecule has 9 heavy (non-hydrogen) atoms. The number of alkyl halides is 2. The second kappa shape index (κ2) is 2.16. The summed E-state index contributed by atoms with van der Waals surface area (Å²) in [5, 5.41) is 0.